The highest BCUT2D eigenvalue weighted by Gasteiger charge is 2.35. The number of nitrogens with zero attached hydrogens (tertiary/aromatic N) is 4. The molecule has 0 radical (unpaired) electrons. The first kappa shape index (κ1) is 21.0. The fourth-order valence-electron chi connectivity index (χ4n) is 4.43. The number of hydrogen-bond donors (Lipinski definition) is 1. The molecular weight excluding hydrogens is 405 g/mol. The Balaban J connectivity index is 1.32. The normalized spacial score (nSPS) is 23.5. The highest BCUT2D eigenvalue weighted by molar-refractivity contribution is 6.36. The van der Waals surface area contributed by atoms with E-state index in [0.29, 0.717) is 24.0 Å². The first-order chi connectivity index (χ1) is 14.5. The minimum Gasteiger partial charge on any atom is -0.382 e. The minimum atomic E-state index is -0.962. The molecule has 1 aromatic heterocycles. The van der Waals surface area contributed by atoms with E-state index >= 15 is 0 Å². The summed E-state index contributed by atoms with van der Waals surface area (Å²) in [6, 6.07) is 5.99. The van der Waals surface area contributed by atoms with Crippen molar-refractivity contribution in [2.45, 2.75) is 37.5 Å². The molecule has 1 N–H and O–H groups in total. The van der Waals surface area contributed by atoms with E-state index in [1.54, 1.807) is 30.6 Å². The lowest BCUT2D eigenvalue weighted by molar-refractivity contribution is -0.132. The largest absolute Gasteiger partial charge is 0.382 e. The molecule has 2 aromatic rings. The number of rotatable bonds is 5. The van der Waals surface area contributed by atoms with E-state index in [-0.39, 0.29) is 18.5 Å². The van der Waals surface area contributed by atoms with Crippen LogP contribution < -0.4 is 5.32 Å². The predicted octanol–water partition coefficient (Wildman–Crippen LogP) is 3.40. The van der Waals surface area contributed by atoms with Gasteiger partial charge in [-0.3, -0.25) is 19.7 Å². The third-order valence-corrected chi connectivity index (χ3v) is 6.33. The Labute approximate surface area is 181 Å². The summed E-state index contributed by atoms with van der Waals surface area (Å²) in [5.74, 6) is -0.0114. The topological polar surface area (TPSA) is 60.8 Å². The second-order valence-electron chi connectivity index (χ2n) is 8.06. The van der Waals surface area contributed by atoms with Gasteiger partial charge in [-0.15, -0.1) is 0 Å². The third kappa shape index (κ3) is 4.57. The average Bonchev–Trinajstić information content (AvgIpc) is 3.12. The van der Waals surface area contributed by atoms with Crippen LogP contribution in [0.3, 0.4) is 0 Å². The number of carbonyl (C=O) groups is 1. The molecule has 0 saturated carbocycles. The van der Waals surface area contributed by atoms with Crippen molar-refractivity contribution >= 4 is 40.2 Å². The van der Waals surface area contributed by atoms with E-state index in [1.807, 2.05) is 18.2 Å². The Morgan fingerprint density at radius 3 is 2.90 bits per heavy atom. The summed E-state index contributed by atoms with van der Waals surface area (Å²) in [5, 5.41) is 6.33. The van der Waals surface area contributed by atoms with Gasteiger partial charge in [0.25, 0.3) is 0 Å². The fourth-order valence-corrected chi connectivity index (χ4v) is 4.65. The number of alkyl halides is 1. The number of pyridine rings is 1. The van der Waals surface area contributed by atoms with Crippen LogP contribution in [0.4, 0.5) is 10.1 Å². The van der Waals surface area contributed by atoms with Crippen LogP contribution in [-0.4, -0.2) is 78.4 Å². The maximum absolute atomic E-state index is 13.8. The van der Waals surface area contributed by atoms with Crippen molar-refractivity contribution < 1.29 is 9.18 Å². The number of likely N-dealkylation sites (tertiary alicyclic amines) is 2. The van der Waals surface area contributed by atoms with Crippen molar-refractivity contribution in [2.24, 2.45) is 4.99 Å². The Bertz CT molecular complexity index is 931. The van der Waals surface area contributed by atoms with E-state index in [4.69, 9.17) is 11.6 Å². The number of benzene rings is 1. The summed E-state index contributed by atoms with van der Waals surface area (Å²) < 4.78 is 13.8. The van der Waals surface area contributed by atoms with Crippen molar-refractivity contribution in [3.8, 4) is 0 Å². The molecule has 0 aliphatic carbocycles. The van der Waals surface area contributed by atoms with Crippen LogP contribution >= 0.6 is 11.6 Å². The zero-order valence-corrected chi connectivity index (χ0v) is 17.9. The van der Waals surface area contributed by atoms with Crippen molar-refractivity contribution in [1.82, 2.24) is 14.8 Å². The van der Waals surface area contributed by atoms with E-state index in [1.165, 1.54) is 0 Å². The minimum absolute atomic E-state index is 0.0114. The molecule has 8 heteroatoms. The van der Waals surface area contributed by atoms with Gasteiger partial charge in [-0.1, -0.05) is 11.6 Å². The molecule has 160 valence electrons. The standard InChI is InChI=1S/C22H27ClFN5O/c1-25-11-17-10-15(24)13-29(17)22(30)14-28-8-5-16(6-9-28)27-21-3-2-20(23)19-12-26-7-4-18(19)21/h2-4,7,11-12,15-17,27H,5-6,8-10,13-14H2,1H3/t15-,17-/m0/s1. The summed E-state index contributed by atoms with van der Waals surface area (Å²) in [7, 11) is 1.66. The number of halogens is 2. The lowest BCUT2D eigenvalue weighted by Crippen LogP contribution is -2.47. The predicted molar refractivity (Wildman–Crippen MR) is 119 cm³/mol. The summed E-state index contributed by atoms with van der Waals surface area (Å²) in [4.78, 5) is 24.7. The molecule has 0 unspecified atom stereocenters. The van der Waals surface area contributed by atoms with Gasteiger partial charge in [0.15, 0.2) is 0 Å². The molecule has 1 aromatic carbocycles. The van der Waals surface area contributed by atoms with Gasteiger partial charge in [0.05, 0.1) is 24.2 Å². The number of amides is 1. The molecule has 2 fully saturated rings. The zero-order valence-electron chi connectivity index (χ0n) is 17.1. The van der Waals surface area contributed by atoms with Gasteiger partial charge in [0.2, 0.25) is 5.91 Å². The van der Waals surface area contributed by atoms with Gasteiger partial charge in [-0.25, -0.2) is 4.39 Å². The zero-order chi connectivity index (χ0) is 21.1. The van der Waals surface area contributed by atoms with Crippen LogP contribution in [0.15, 0.2) is 35.6 Å². The molecular formula is C22H27ClFN5O. The van der Waals surface area contributed by atoms with Crippen LogP contribution in [0, 0.1) is 0 Å². The van der Waals surface area contributed by atoms with Gasteiger partial charge in [0, 0.05) is 67.7 Å². The Kier molecular flexibility index (Phi) is 6.49. The Morgan fingerprint density at radius 2 is 2.13 bits per heavy atom. The first-order valence-electron chi connectivity index (χ1n) is 10.4. The third-order valence-electron chi connectivity index (χ3n) is 6.00. The summed E-state index contributed by atoms with van der Waals surface area (Å²) in [5.41, 5.74) is 1.05. The lowest BCUT2D eigenvalue weighted by atomic mass is 10.0. The summed E-state index contributed by atoms with van der Waals surface area (Å²) in [6.45, 7) is 2.17. The molecule has 3 heterocycles. The van der Waals surface area contributed by atoms with Gasteiger partial charge in [-0.05, 0) is 31.0 Å². The number of carbonyl (C=O) groups excluding carboxylic acids is 1. The van der Waals surface area contributed by atoms with E-state index < -0.39 is 6.17 Å². The van der Waals surface area contributed by atoms with Crippen LogP contribution in [0.5, 0.6) is 0 Å². The number of nitrogens with one attached hydrogen (secondary N) is 1. The van der Waals surface area contributed by atoms with Gasteiger partial charge in [0.1, 0.15) is 6.17 Å². The maximum atomic E-state index is 13.8. The number of piperidine rings is 1. The second kappa shape index (κ2) is 9.27. The number of aliphatic imine (C=N–C) groups is 1. The maximum Gasteiger partial charge on any atom is 0.237 e. The molecule has 1 amide bonds. The number of fused-ring (bicyclic) bond motifs is 1. The second-order valence-corrected chi connectivity index (χ2v) is 8.47. The Hall–Kier alpha value is -2.25. The van der Waals surface area contributed by atoms with Crippen molar-refractivity contribution in [3.63, 3.8) is 0 Å². The molecule has 4 rings (SSSR count). The van der Waals surface area contributed by atoms with Crippen LogP contribution in [-0.2, 0) is 4.79 Å². The lowest BCUT2D eigenvalue weighted by Gasteiger charge is -2.34. The quantitative estimate of drug-likeness (QED) is 0.737. The van der Waals surface area contributed by atoms with Crippen LogP contribution in [0.1, 0.15) is 19.3 Å². The molecule has 2 atom stereocenters. The highest BCUT2D eigenvalue weighted by Crippen LogP contribution is 2.30. The fraction of sp³-hybridized carbons (Fsp3) is 0.500. The molecule has 2 aliphatic heterocycles. The monoisotopic (exact) mass is 431 g/mol. The number of anilines is 1. The van der Waals surface area contributed by atoms with Crippen molar-refractivity contribution in [1.29, 1.82) is 0 Å². The van der Waals surface area contributed by atoms with E-state index in [9.17, 15) is 9.18 Å². The molecule has 2 aliphatic rings. The molecule has 2 saturated heterocycles. The summed E-state index contributed by atoms with van der Waals surface area (Å²) >= 11 is 6.29. The Morgan fingerprint density at radius 1 is 1.33 bits per heavy atom. The van der Waals surface area contributed by atoms with E-state index in [2.05, 4.69) is 20.2 Å². The summed E-state index contributed by atoms with van der Waals surface area (Å²) in [6.07, 6.45) is 6.50. The molecule has 30 heavy (non-hydrogen) atoms. The number of hydrogen-bond acceptors (Lipinski definition) is 5. The van der Waals surface area contributed by atoms with Gasteiger partial charge < -0.3 is 10.2 Å². The van der Waals surface area contributed by atoms with Crippen molar-refractivity contribution in [2.75, 3.05) is 38.5 Å². The average molecular weight is 432 g/mol. The van der Waals surface area contributed by atoms with E-state index in [0.717, 1.165) is 42.4 Å². The SMILES string of the molecule is CN=C[C@@H]1C[C@H](F)CN1C(=O)CN1CCC(Nc2ccc(Cl)c3cnccc23)CC1. The van der Waals surface area contributed by atoms with Gasteiger partial charge >= 0.3 is 0 Å². The van der Waals surface area contributed by atoms with Crippen molar-refractivity contribution in [3.05, 3.63) is 35.6 Å². The number of aromatic nitrogens is 1. The molecule has 6 nitrogen and oxygen atoms in total. The highest BCUT2D eigenvalue weighted by atomic mass is 35.5. The van der Waals surface area contributed by atoms with Crippen LogP contribution in [0.25, 0.3) is 10.8 Å². The first-order valence-corrected chi connectivity index (χ1v) is 10.8. The van der Waals surface area contributed by atoms with Gasteiger partial charge in [-0.2, -0.15) is 0 Å². The van der Waals surface area contributed by atoms with Crippen LogP contribution in [0.2, 0.25) is 5.02 Å². The smallest absolute Gasteiger partial charge is 0.237 e. The molecule has 0 spiro atoms. The molecule has 0 bridgehead atoms.